The van der Waals surface area contributed by atoms with E-state index in [0.717, 1.165) is 0 Å². The molecule has 2 N–H and O–H groups in total. The Hall–Kier alpha value is -0.0800. The Kier molecular flexibility index (Phi) is 19.2. The molecule has 0 amide bonds. The van der Waals surface area contributed by atoms with Crippen molar-refractivity contribution < 1.29 is 0 Å². The van der Waals surface area contributed by atoms with Gasteiger partial charge in [-0.3, -0.25) is 4.90 Å². The topological polar surface area (TPSA) is 29.3 Å². The molecule has 0 aromatic heterocycles. The molecule has 0 aliphatic rings. The van der Waals surface area contributed by atoms with Crippen molar-refractivity contribution in [1.82, 2.24) is 4.90 Å². The molecule has 0 rings (SSSR count). The van der Waals surface area contributed by atoms with Crippen LogP contribution in [0.5, 0.6) is 0 Å². The molecule has 0 radical (unpaired) electrons. The lowest BCUT2D eigenvalue weighted by atomic mass is 9.92. The van der Waals surface area contributed by atoms with E-state index in [-0.39, 0.29) is 5.66 Å². The zero-order valence-corrected chi connectivity index (χ0v) is 19.7. The van der Waals surface area contributed by atoms with Crippen LogP contribution in [-0.2, 0) is 0 Å². The molecule has 0 saturated carbocycles. The highest BCUT2D eigenvalue weighted by molar-refractivity contribution is 4.85. The van der Waals surface area contributed by atoms with Gasteiger partial charge in [-0.05, 0) is 38.8 Å². The number of rotatable bonds is 21. The summed E-state index contributed by atoms with van der Waals surface area (Å²) in [6.45, 7) is 11.6. The highest BCUT2D eigenvalue weighted by Crippen LogP contribution is 2.26. The summed E-state index contributed by atoms with van der Waals surface area (Å²) < 4.78 is 0. The standard InChI is InChI=1S/C25H54N2/c1-5-9-13-17-21-25(26,22-18-14-10-6-2)27(23-19-15-11-7-3)24-20-16-12-8-4/h5-24,26H2,1-4H3. The van der Waals surface area contributed by atoms with E-state index in [9.17, 15) is 0 Å². The summed E-state index contributed by atoms with van der Waals surface area (Å²) in [5.74, 6) is 0. The molecular formula is C25H54N2. The molecule has 0 aromatic carbocycles. The highest BCUT2D eigenvalue weighted by atomic mass is 15.3. The Labute approximate surface area is 173 Å². The summed E-state index contributed by atoms with van der Waals surface area (Å²) in [4.78, 5) is 2.72. The van der Waals surface area contributed by atoms with Crippen LogP contribution >= 0.6 is 0 Å². The predicted molar refractivity (Wildman–Crippen MR) is 124 cm³/mol. The van der Waals surface area contributed by atoms with Gasteiger partial charge in [0.1, 0.15) is 0 Å². The largest absolute Gasteiger partial charge is 0.313 e. The van der Waals surface area contributed by atoms with Gasteiger partial charge in [0.25, 0.3) is 0 Å². The van der Waals surface area contributed by atoms with Gasteiger partial charge in [-0.25, -0.2) is 0 Å². The maximum atomic E-state index is 7.16. The van der Waals surface area contributed by atoms with Gasteiger partial charge in [0.2, 0.25) is 0 Å². The van der Waals surface area contributed by atoms with Gasteiger partial charge in [-0.15, -0.1) is 0 Å². The van der Waals surface area contributed by atoms with Crippen molar-refractivity contribution >= 4 is 0 Å². The van der Waals surface area contributed by atoms with Crippen LogP contribution in [-0.4, -0.2) is 23.7 Å². The Morgan fingerprint density at radius 2 is 0.815 bits per heavy atom. The SMILES string of the molecule is CCCCCCN(CCCCCC)C(N)(CCCCCC)CCCCCC. The Balaban J connectivity index is 4.81. The summed E-state index contributed by atoms with van der Waals surface area (Å²) in [6.07, 6.45) is 23.8. The summed E-state index contributed by atoms with van der Waals surface area (Å²) in [7, 11) is 0. The van der Waals surface area contributed by atoms with Gasteiger partial charge in [0.05, 0.1) is 5.66 Å². The molecule has 0 atom stereocenters. The van der Waals surface area contributed by atoms with E-state index in [4.69, 9.17) is 5.73 Å². The van der Waals surface area contributed by atoms with Gasteiger partial charge < -0.3 is 5.73 Å². The minimum absolute atomic E-state index is 0.0556. The quantitative estimate of drug-likeness (QED) is 0.161. The zero-order chi connectivity index (χ0) is 20.2. The molecule has 2 heteroatoms. The van der Waals surface area contributed by atoms with Crippen LogP contribution in [0.1, 0.15) is 143 Å². The third-order valence-corrected chi connectivity index (χ3v) is 6.12. The van der Waals surface area contributed by atoms with E-state index in [2.05, 4.69) is 32.6 Å². The molecule has 0 bridgehead atoms. The minimum atomic E-state index is -0.0556. The van der Waals surface area contributed by atoms with Gasteiger partial charge in [-0.2, -0.15) is 0 Å². The van der Waals surface area contributed by atoms with Crippen molar-refractivity contribution in [2.75, 3.05) is 13.1 Å². The number of hydrogen-bond donors (Lipinski definition) is 1. The molecule has 0 saturated heterocycles. The normalized spacial score (nSPS) is 12.2. The van der Waals surface area contributed by atoms with Gasteiger partial charge in [-0.1, -0.05) is 118 Å². The smallest absolute Gasteiger partial charge is 0.0687 e. The molecule has 0 spiro atoms. The van der Waals surface area contributed by atoms with Crippen LogP contribution < -0.4 is 5.73 Å². The maximum absolute atomic E-state index is 7.16. The van der Waals surface area contributed by atoms with Crippen molar-refractivity contribution in [3.05, 3.63) is 0 Å². The lowest BCUT2D eigenvalue weighted by Crippen LogP contribution is -2.56. The molecule has 0 aliphatic heterocycles. The van der Waals surface area contributed by atoms with E-state index in [1.165, 1.54) is 129 Å². The van der Waals surface area contributed by atoms with E-state index >= 15 is 0 Å². The Morgan fingerprint density at radius 3 is 1.15 bits per heavy atom. The minimum Gasteiger partial charge on any atom is -0.313 e. The highest BCUT2D eigenvalue weighted by Gasteiger charge is 2.30. The molecule has 27 heavy (non-hydrogen) atoms. The first kappa shape index (κ1) is 26.9. The van der Waals surface area contributed by atoms with Crippen LogP contribution in [0.25, 0.3) is 0 Å². The zero-order valence-electron chi connectivity index (χ0n) is 19.7. The number of hydrogen-bond acceptors (Lipinski definition) is 2. The fourth-order valence-corrected chi connectivity index (χ4v) is 4.17. The monoisotopic (exact) mass is 382 g/mol. The number of nitrogens with zero attached hydrogens (tertiary/aromatic N) is 1. The first-order valence-corrected chi connectivity index (χ1v) is 12.7. The number of nitrogens with two attached hydrogens (primary N) is 1. The van der Waals surface area contributed by atoms with Crippen molar-refractivity contribution in [3.63, 3.8) is 0 Å². The maximum Gasteiger partial charge on any atom is 0.0687 e. The molecule has 0 aromatic rings. The van der Waals surface area contributed by atoms with Crippen LogP contribution in [0.3, 0.4) is 0 Å². The lowest BCUT2D eigenvalue weighted by molar-refractivity contribution is 0.0645. The second-order valence-electron chi connectivity index (χ2n) is 8.83. The fraction of sp³-hybridized carbons (Fsp3) is 1.00. The van der Waals surface area contributed by atoms with Crippen molar-refractivity contribution in [3.8, 4) is 0 Å². The van der Waals surface area contributed by atoms with Crippen LogP contribution in [0.15, 0.2) is 0 Å². The van der Waals surface area contributed by atoms with Gasteiger partial charge in [0.15, 0.2) is 0 Å². The first-order valence-electron chi connectivity index (χ1n) is 12.7. The summed E-state index contributed by atoms with van der Waals surface area (Å²) >= 11 is 0. The van der Waals surface area contributed by atoms with Gasteiger partial charge >= 0.3 is 0 Å². The fourth-order valence-electron chi connectivity index (χ4n) is 4.17. The van der Waals surface area contributed by atoms with Crippen LogP contribution in [0, 0.1) is 0 Å². The van der Waals surface area contributed by atoms with Crippen molar-refractivity contribution in [2.24, 2.45) is 5.73 Å². The second-order valence-corrected chi connectivity index (χ2v) is 8.83. The van der Waals surface area contributed by atoms with Crippen LogP contribution in [0.2, 0.25) is 0 Å². The molecule has 0 fully saturated rings. The third-order valence-electron chi connectivity index (χ3n) is 6.12. The molecule has 0 heterocycles. The molecule has 164 valence electrons. The number of unbranched alkanes of at least 4 members (excludes halogenated alkanes) is 12. The van der Waals surface area contributed by atoms with Crippen molar-refractivity contribution in [1.29, 1.82) is 0 Å². The van der Waals surface area contributed by atoms with E-state index < -0.39 is 0 Å². The molecule has 0 unspecified atom stereocenters. The average Bonchev–Trinajstić information content (AvgIpc) is 2.67. The Bertz CT molecular complexity index is 266. The summed E-state index contributed by atoms with van der Waals surface area (Å²) in [5, 5.41) is 0. The van der Waals surface area contributed by atoms with E-state index in [1.807, 2.05) is 0 Å². The second kappa shape index (κ2) is 19.2. The molecule has 2 nitrogen and oxygen atoms in total. The summed E-state index contributed by atoms with van der Waals surface area (Å²) in [6, 6.07) is 0. The lowest BCUT2D eigenvalue weighted by Gasteiger charge is -2.42. The van der Waals surface area contributed by atoms with Gasteiger partial charge in [0, 0.05) is 0 Å². The molecule has 0 aliphatic carbocycles. The first-order chi connectivity index (χ1) is 13.1. The summed E-state index contributed by atoms with van der Waals surface area (Å²) in [5.41, 5.74) is 7.11. The van der Waals surface area contributed by atoms with E-state index in [0.29, 0.717) is 0 Å². The van der Waals surface area contributed by atoms with Crippen LogP contribution in [0.4, 0.5) is 0 Å². The van der Waals surface area contributed by atoms with E-state index in [1.54, 1.807) is 0 Å². The Morgan fingerprint density at radius 1 is 0.481 bits per heavy atom. The predicted octanol–water partition coefficient (Wildman–Crippen LogP) is 8.04. The van der Waals surface area contributed by atoms with Crippen molar-refractivity contribution in [2.45, 2.75) is 149 Å². The molecular weight excluding hydrogens is 328 g/mol. The third kappa shape index (κ3) is 14.6. The average molecular weight is 383 g/mol.